The molecule has 2 heterocycles. The van der Waals surface area contributed by atoms with E-state index >= 15 is 0 Å². The summed E-state index contributed by atoms with van der Waals surface area (Å²) in [6, 6.07) is 15.0. The molecule has 2 aromatic carbocycles. The lowest BCUT2D eigenvalue weighted by molar-refractivity contribution is -0.119. The predicted octanol–water partition coefficient (Wildman–Crippen LogP) is 3.00. The number of aryl methyl sites for hydroxylation is 1. The molecule has 1 fully saturated rings. The number of hydrogen-bond donors (Lipinski definition) is 2. The van der Waals surface area contributed by atoms with Gasteiger partial charge in [0.1, 0.15) is 11.4 Å². The third-order valence-electron chi connectivity index (χ3n) is 5.41. The van der Waals surface area contributed by atoms with E-state index in [9.17, 15) is 9.59 Å². The van der Waals surface area contributed by atoms with E-state index in [1.54, 1.807) is 12.1 Å². The maximum Gasteiger partial charge on any atom is 0.272 e. The summed E-state index contributed by atoms with van der Waals surface area (Å²) in [5, 5.41) is 6.43. The van der Waals surface area contributed by atoms with Gasteiger partial charge in [0.15, 0.2) is 0 Å². The molecule has 2 aliphatic rings. The van der Waals surface area contributed by atoms with Crippen LogP contribution < -0.4 is 10.6 Å². The van der Waals surface area contributed by atoms with E-state index in [0.717, 1.165) is 11.1 Å². The Morgan fingerprint density at radius 2 is 1.86 bits per heavy atom. The molecule has 0 atom stereocenters. The lowest BCUT2D eigenvalue weighted by Crippen LogP contribution is -2.52. The van der Waals surface area contributed by atoms with E-state index in [1.807, 2.05) is 43.3 Å². The highest BCUT2D eigenvalue weighted by molar-refractivity contribution is 6.46. The first-order valence-corrected chi connectivity index (χ1v) is 10.1. The Balaban J connectivity index is 1.36. The van der Waals surface area contributed by atoms with Crippen LogP contribution in [0.2, 0.25) is 5.02 Å². The average molecular weight is 411 g/mol. The summed E-state index contributed by atoms with van der Waals surface area (Å²) in [7, 11) is 0. The van der Waals surface area contributed by atoms with Crippen LogP contribution in [0.3, 0.4) is 0 Å². The number of aliphatic imine (C=N–C) groups is 1. The van der Waals surface area contributed by atoms with Gasteiger partial charge in [-0.05, 0) is 19.1 Å². The first-order chi connectivity index (χ1) is 13.9. The molecule has 2 amide bonds. The molecule has 0 saturated carbocycles. The SMILES string of the molecule is Cc1ccc(C2=NC3(CCN(CC(=O)Nc4ccccc4Cl)CC3)NC2=O)cc1. The minimum absolute atomic E-state index is 0.103. The summed E-state index contributed by atoms with van der Waals surface area (Å²) in [6.07, 6.45) is 1.35. The highest BCUT2D eigenvalue weighted by Crippen LogP contribution is 2.29. The molecule has 1 saturated heterocycles. The van der Waals surface area contributed by atoms with Crippen molar-refractivity contribution < 1.29 is 9.59 Å². The summed E-state index contributed by atoms with van der Waals surface area (Å²) in [5.41, 5.74) is 2.53. The zero-order valence-corrected chi connectivity index (χ0v) is 17.0. The molecule has 0 bridgehead atoms. The molecule has 0 radical (unpaired) electrons. The second-order valence-electron chi connectivity index (χ2n) is 7.62. The van der Waals surface area contributed by atoms with E-state index in [2.05, 4.69) is 15.5 Å². The number of carbonyl (C=O) groups is 2. The van der Waals surface area contributed by atoms with Crippen LogP contribution in [0.5, 0.6) is 0 Å². The molecule has 150 valence electrons. The predicted molar refractivity (Wildman–Crippen MR) is 114 cm³/mol. The monoisotopic (exact) mass is 410 g/mol. The number of halogens is 1. The van der Waals surface area contributed by atoms with Gasteiger partial charge >= 0.3 is 0 Å². The Morgan fingerprint density at radius 1 is 1.17 bits per heavy atom. The normalized spacial score (nSPS) is 18.4. The number of piperidine rings is 1. The third-order valence-corrected chi connectivity index (χ3v) is 5.74. The van der Waals surface area contributed by atoms with E-state index in [0.29, 0.717) is 42.4 Å². The number of nitrogens with one attached hydrogen (secondary N) is 2. The van der Waals surface area contributed by atoms with E-state index in [-0.39, 0.29) is 18.4 Å². The molecular formula is C22H23ClN4O2. The molecule has 0 aliphatic carbocycles. The molecule has 7 heteroatoms. The second kappa shape index (κ2) is 7.97. The van der Waals surface area contributed by atoms with E-state index in [4.69, 9.17) is 16.6 Å². The number of benzene rings is 2. The molecule has 29 heavy (non-hydrogen) atoms. The first-order valence-electron chi connectivity index (χ1n) is 9.70. The number of anilines is 1. The smallest absolute Gasteiger partial charge is 0.272 e. The Bertz CT molecular complexity index is 963. The van der Waals surface area contributed by atoms with Crippen LogP contribution in [-0.2, 0) is 9.59 Å². The van der Waals surface area contributed by atoms with Gasteiger partial charge in [0, 0.05) is 31.5 Å². The number of para-hydroxylation sites is 1. The number of hydrogen-bond acceptors (Lipinski definition) is 4. The average Bonchev–Trinajstić information content (AvgIpc) is 3.02. The molecule has 6 nitrogen and oxygen atoms in total. The van der Waals surface area contributed by atoms with Crippen LogP contribution in [0.15, 0.2) is 53.5 Å². The van der Waals surface area contributed by atoms with Gasteiger partial charge in [-0.3, -0.25) is 19.5 Å². The third kappa shape index (κ3) is 4.33. The van der Waals surface area contributed by atoms with Gasteiger partial charge < -0.3 is 10.6 Å². The van der Waals surface area contributed by atoms with Crippen LogP contribution in [0.1, 0.15) is 24.0 Å². The largest absolute Gasteiger partial charge is 0.326 e. The Hall–Kier alpha value is -2.70. The van der Waals surface area contributed by atoms with Crippen LogP contribution in [0, 0.1) is 6.92 Å². The highest BCUT2D eigenvalue weighted by Gasteiger charge is 2.42. The van der Waals surface area contributed by atoms with Crippen molar-refractivity contribution in [1.29, 1.82) is 0 Å². The van der Waals surface area contributed by atoms with Gasteiger partial charge in [0.05, 0.1) is 17.3 Å². The Labute approximate surface area is 175 Å². The molecule has 1 spiro atoms. The zero-order valence-electron chi connectivity index (χ0n) is 16.2. The molecule has 4 rings (SSSR count). The van der Waals surface area contributed by atoms with E-state index in [1.165, 1.54) is 0 Å². The maximum absolute atomic E-state index is 12.5. The number of rotatable bonds is 4. The van der Waals surface area contributed by atoms with Gasteiger partial charge in [-0.1, -0.05) is 53.6 Å². The Morgan fingerprint density at radius 3 is 2.55 bits per heavy atom. The summed E-state index contributed by atoms with van der Waals surface area (Å²) < 4.78 is 0. The fourth-order valence-electron chi connectivity index (χ4n) is 3.74. The van der Waals surface area contributed by atoms with Crippen molar-refractivity contribution in [3.8, 4) is 0 Å². The minimum atomic E-state index is -0.562. The molecule has 2 aromatic rings. The van der Waals surface area contributed by atoms with Crippen molar-refractivity contribution in [3.05, 3.63) is 64.7 Å². The van der Waals surface area contributed by atoms with Crippen molar-refractivity contribution >= 4 is 34.8 Å². The van der Waals surface area contributed by atoms with Crippen molar-refractivity contribution in [2.24, 2.45) is 4.99 Å². The molecule has 2 aliphatic heterocycles. The molecular weight excluding hydrogens is 388 g/mol. The first kappa shape index (κ1) is 19.6. The highest BCUT2D eigenvalue weighted by atomic mass is 35.5. The van der Waals surface area contributed by atoms with Crippen LogP contribution in [-0.4, -0.2) is 47.7 Å². The van der Waals surface area contributed by atoms with Gasteiger partial charge in [0.25, 0.3) is 5.91 Å². The van der Waals surface area contributed by atoms with Gasteiger partial charge in [-0.25, -0.2) is 0 Å². The fraction of sp³-hybridized carbons (Fsp3) is 0.318. The van der Waals surface area contributed by atoms with Gasteiger partial charge in [0.2, 0.25) is 5.91 Å². The zero-order chi connectivity index (χ0) is 20.4. The topological polar surface area (TPSA) is 73.8 Å². The lowest BCUT2D eigenvalue weighted by Gasteiger charge is -2.36. The standard InChI is InChI=1S/C22H23ClN4O2/c1-15-6-8-16(9-7-15)20-21(29)26-22(25-20)10-12-27(13-11-22)14-19(28)24-18-5-3-2-4-17(18)23/h2-9H,10-14H2,1H3,(H,24,28)(H,26,29). The number of amides is 2. The Kier molecular flexibility index (Phi) is 5.39. The number of likely N-dealkylation sites (tertiary alicyclic amines) is 1. The molecule has 0 unspecified atom stereocenters. The van der Waals surface area contributed by atoms with Crippen molar-refractivity contribution in [2.45, 2.75) is 25.4 Å². The van der Waals surface area contributed by atoms with E-state index < -0.39 is 5.66 Å². The van der Waals surface area contributed by atoms with Gasteiger partial charge in [-0.15, -0.1) is 0 Å². The number of nitrogens with zero attached hydrogens (tertiary/aromatic N) is 2. The number of carbonyl (C=O) groups excluding carboxylic acids is 2. The van der Waals surface area contributed by atoms with Crippen LogP contribution >= 0.6 is 11.6 Å². The summed E-state index contributed by atoms with van der Waals surface area (Å²) in [6.45, 7) is 3.66. The minimum Gasteiger partial charge on any atom is -0.326 e. The lowest BCUT2D eigenvalue weighted by atomic mass is 9.98. The second-order valence-corrected chi connectivity index (χ2v) is 8.02. The summed E-state index contributed by atoms with van der Waals surface area (Å²) in [4.78, 5) is 31.7. The van der Waals surface area contributed by atoms with Crippen molar-refractivity contribution in [3.63, 3.8) is 0 Å². The van der Waals surface area contributed by atoms with Crippen LogP contribution in [0.4, 0.5) is 5.69 Å². The summed E-state index contributed by atoms with van der Waals surface area (Å²) in [5.74, 6) is -0.230. The van der Waals surface area contributed by atoms with Gasteiger partial charge in [-0.2, -0.15) is 0 Å². The van der Waals surface area contributed by atoms with Crippen molar-refractivity contribution in [1.82, 2.24) is 10.2 Å². The van der Waals surface area contributed by atoms with Crippen LogP contribution in [0.25, 0.3) is 0 Å². The summed E-state index contributed by atoms with van der Waals surface area (Å²) >= 11 is 6.10. The quantitative estimate of drug-likeness (QED) is 0.813. The maximum atomic E-state index is 12.5. The molecule has 0 aromatic heterocycles. The van der Waals surface area contributed by atoms with Crippen molar-refractivity contribution in [2.75, 3.05) is 25.0 Å². The fourth-order valence-corrected chi connectivity index (χ4v) is 3.93. The molecule has 2 N–H and O–H groups in total.